The molecule has 0 bridgehead atoms. The monoisotopic (exact) mass is 344 g/mol. The summed E-state index contributed by atoms with van der Waals surface area (Å²) in [6.45, 7) is 1.55. The van der Waals surface area contributed by atoms with Crippen molar-refractivity contribution in [2.24, 2.45) is 5.92 Å². The first-order valence-corrected chi connectivity index (χ1v) is 8.58. The van der Waals surface area contributed by atoms with Crippen LogP contribution in [0.2, 0.25) is 5.02 Å². The van der Waals surface area contributed by atoms with Crippen LogP contribution in [0.1, 0.15) is 28.9 Å². The zero-order valence-electron chi connectivity index (χ0n) is 13.7. The molecule has 1 aromatic carbocycles. The van der Waals surface area contributed by atoms with Gasteiger partial charge in [0.25, 0.3) is 5.91 Å². The minimum atomic E-state index is 0.0545. The van der Waals surface area contributed by atoms with Crippen molar-refractivity contribution in [1.29, 1.82) is 0 Å². The zero-order valence-corrected chi connectivity index (χ0v) is 14.5. The Kier molecular flexibility index (Phi) is 5.30. The van der Waals surface area contributed by atoms with E-state index in [1.807, 2.05) is 36.2 Å². The molecule has 2 heterocycles. The molecule has 1 aliphatic rings. The molecule has 0 spiro atoms. The van der Waals surface area contributed by atoms with Crippen molar-refractivity contribution in [3.05, 3.63) is 52.7 Å². The van der Waals surface area contributed by atoms with E-state index in [0.717, 1.165) is 43.9 Å². The van der Waals surface area contributed by atoms with Gasteiger partial charge < -0.3 is 10.2 Å². The molecule has 1 fully saturated rings. The molecule has 1 aromatic heterocycles. The number of benzene rings is 1. The number of hydrogen-bond acceptors (Lipinski definition) is 4. The van der Waals surface area contributed by atoms with Crippen LogP contribution in [0.15, 0.2) is 36.4 Å². The van der Waals surface area contributed by atoms with Gasteiger partial charge in [0.1, 0.15) is 5.82 Å². The number of amides is 1. The highest BCUT2D eigenvalue weighted by Crippen LogP contribution is 2.22. The largest absolute Gasteiger partial charge is 0.372 e. The second-order valence-electron chi connectivity index (χ2n) is 6.13. The molecular formula is C18H21ClN4O. The molecule has 0 aliphatic carbocycles. The van der Waals surface area contributed by atoms with Gasteiger partial charge in [-0.15, -0.1) is 5.10 Å². The van der Waals surface area contributed by atoms with E-state index >= 15 is 0 Å². The molecule has 3 rings (SSSR count). The topological polar surface area (TPSA) is 58.1 Å². The summed E-state index contributed by atoms with van der Waals surface area (Å²) in [6.07, 6.45) is 2.96. The fourth-order valence-corrected chi connectivity index (χ4v) is 3.31. The van der Waals surface area contributed by atoms with E-state index in [0.29, 0.717) is 16.5 Å². The molecule has 1 atom stereocenters. The number of anilines is 1. The fraction of sp³-hybridized carbons (Fsp3) is 0.389. The van der Waals surface area contributed by atoms with Gasteiger partial charge in [0, 0.05) is 30.7 Å². The summed E-state index contributed by atoms with van der Waals surface area (Å²) in [7, 11) is 1.82. The highest BCUT2D eigenvalue weighted by Gasteiger charge is 2.25. The number of carbonyl (C=O) groups is 1. The van der Waals surface area contributed by atoms with Crippen molar-refractivity contribution < 1.29 is 4.79 Å². The number of hydrogen-bond donors (Lipinski definition) is 1. The standard InChI is InChI=1S/C18H21ClN4O/c1-20-17-8-7-16(21-22-17)10-13-4-3-9-23(12-13)18(24)14-5-2-6-15(19)11-14/h2,5-8,11,13H,3-4,9-10,12H2,1H3,(H,20,22)/t13-/m0/s1. The number of piperidine rings is 1. The Balaban J connectivity index is 1.64. The fourth-order valence-electron chi connectivity index (χ4n) is 3.12. The predicted octanol–water partition coefficient (Wildman–Crippen LogP) is 3.27. The van der Waals surface area contributed by atoms with Gasteiger partial charge in [0.2, 0.25) is 0 Å². The van der Waals surface area contributed by atoms with Crippen LogP contribution in [0.3, 0.4) is 0 Å². The second-order valence-corrected chi connectivity index (χ2v) is 6.57. The van der Waals surface area contributed by atoms with Gasteiger partial charge in [0.15, 0.2) is 0 Å². The number of nitrogens with zero attached hydrogens (tertiary/aromatic N) is 3. The maximum atomic E-state index is 12.7. The lowest BCUT2D eigenvalue weighted by atomic mass is 9.93. The van der Waals surface area contributed by atoms with Gasteiger partial charge in [-0.05, 0) is 55.5 Å². The Morgan fingerprint density at radius 2 is 2.21 bits per heavy atom. The maximum absolute atomic E-state index is 12.7. The summed E-state index contributed by atoms with van der Waals surface area (Å²) in [4.78, 5) is 14.6. The van der Waals surface area contributed by atoms with E-state index in [2.05, 4.69) is 15.5 Å². The Bertz CT molecular complexity index is 704. The van der Waals surface area contributed by atoms with Gasteiger partial charge in [-0.3, -0.25) is 4.79 Å². The third-order valence-electron chi connectivity index (χ3n) is 4.35. The van der Waals surface area contributed by atoms with Crippen molar-refractivity contribution in [1.82, 2.24) is 15.1 Å². The second kappa shape index (κ2) is 7.62. The van der Waals surface area contributed by atoms with Gasteiger partial charge in [-0.2, -0.15) is 5.10 Å². The van der Waals surface area contributed by atoms with Gasteiger partial charge in [0.05, 0.1) is 5.69 Å². The van der Waals surface area contributed by atoms with Crippen LogP contribution < -0.4 is 5.32 Å². The molecule has 1 saturated heterocycles. The lowest BCUT2D eigenvalue weighted by Crippen LogP contribution is -2.40. The SMILES string of the molecule is CNc1ccc(C[C@@H]2CCCN(C(=O)c3cccc(Cl)c3)C2)nn1. The molecule has 0 radical (unpaired) electrons. The Morgan fingerprint density at radius 3 is 2.92 bits per heavy atom. The number of likely N-dealkylation sites (tertiary alicyclic amines) is 1. The van der Waals surface area contributed by atoms with Gasteiger partial charge in [-0.1, -0.05) is 17.7 Å². The summed E-state index contributed by atoms with van der Waals surface area (Å²) in [5.74, 6) is 1.23. The van der Waals surface area contributed by atoms with Crippen LogP contribution in [0.25, 0.3) is 0 Å². The van der Waals surface area contributed by atoms with Crippen LogP contribution in [0.5, 0.6) is 0 Å². The summed E-state index contributed by atoms with van der Waals surface area (Å²) in [5, 5.41) is 11.9. The van der Waals surface area contributed by atoms with Gasteiger partial charge in [-0.25, -0.2) is 0 Å². The molecule has 1 amide bonds. The third kappa shape index (κ3) is 4.03. The number of nitrogens with one attached hydrogen (secondary N) is 1. The molecule has 0 saturated carbocycles. The van der Waals surface area contributed by atoms with E-state index in [4.69, 9.17) is 11.6 Å². The normalized spacial score (nSPS) is 17.6. The van der Waals surface area contributed by atoms with Crippen molar-refractivity contribution in [2.75, 3.05) is 25.5 Å². The summed E-state index contributed by atoms with van der Waals surface area (Å²) < 4.78 is 0. The first-order chi connectivity index (χ1) is 11.7. The molecule has 5 nitrogen and oxygen atoms in total. The molecule has 6 heteroatoms. The molecule has 24 heavy (non-hydrogen) atoms. The maximum Gasteiger partial charge on any atom is 0.253 e. The van der Waals surface area contributed by atoms with Crippen molar-refractivity contribution in [3.8, 4) is 0 Å². The lowest BCUT2D eigenvalue weighted by molar-refractivity contribution is 0.0672. The Morgan fingerprint density at radius 1 is 1.33 bits per heavy atom. The summed E-state index contributed by atoms with van der Waals surface area (Å²) in [5.41, 5.74) is 1.62. The number of rotatable bonds is 4. The van der Waals surface area contributed by atoms with Crippen LogP contribution >= 0.6 is 11.6 Å². The molecule has 2 aromatic rings. The summed E-state index contributed by atoms with van der Waals surface area (Å²) >= 11 is 6.00. The summed E-state index contributed by atoms with van der Waals surface area (Å²) in [6, 6.07) is 11.1. The highest BCUT2D eigenvalue weighted by molar-refractivity contribution is 6.30. The van der Waals surface area contributed by atoms with Crippen LogP contribution in [-0.2, 0) is 6.42 Å². The lowest BCUT2D eigenvalue weighted by Gasteiger charge is -2.32. The average Bonchev–Trinajstić information content (AvgIpc) is 2.62. The molecule has 0 unspecified atom stereocenters. The van der Waals surface area contributed by atoms with Gasteiger partial charge >= 0.3 is 0 Å². The van der Waals surface area contributed by atoms with Crippen LogP contribution in [-0.4, -0.2) is 41.1 Å². The number of carbonyl (C=O) groups excluding carboxylic acids is 1. The van der Waals surface area contributed by atoms with Crippen molar-refractivity contribution >= 4 is 23.3 Å². The van der Waals surface area contributed by atoms with E-state index in [-0.39, 0.29) is 5.91 Å². The van der Waals surface area contributed by atoms with Crippen LogP contribution in [0.4, 0.5) is 5.82 Å². The predicted molar refractivity (Wildman–Crippen MR) is 95.4 cm³/mol. The Hall–Kier alpha value is -2.14. The third-order valence-corrected chi connectivity index (χ3v) is 4.59. The quantitative estimate of drug-likeness (QED) is 0.924. The first-order valence-electron chi connectivity index (χ1n) is 8.21. The zero-order chi connectivity index (χ0) is 16.9. The number of halogens is 1. The van der Waals surface area contributed by atoms with Crippen molar-refractivity contribution in [3.63, 3.8) is 0 Å². The highest BCUT2D eigenvalue weighted by atomic mass is 35.5. The van der Waals surface area contributed by atoms with E-state index in [9.17, 15) is 4.79 Å². The van der Waals surface area contributed by atoms with E-state index in [1.54, 1.807) is 12.1 Å². The minimum absolute atomic E-state index is 0.0545. The molecular weight excluding hydrogens is 324 g/mol. The number of aromatic nitrogens is 2. The molecule has 126 valence electrons. The van der Waals surface area contributed by atoms with E-state index in [1.165, 1.54) is 0 Å². The van der Waals surface area contributed by atoms with Crippen molar-refractivity contribution in [2.45, 2.75) is 19.3 Å². The van der Waals surface area contributed by atoms with Crippen LogP contribution in [0, 0.1) is 5.92 Å². The molecule has 1 N–H and O–H groups in total. The average molecular weight is 345 g/mol. The molecule has 1 aliphatic heterocycles. The Labute approximate surface area is 147 Å². The first kappa shape index (κ1) is 16.7. The smallest absolute Gasteiger partial charge is 0.253 e. The minimum Gasteiger partial charge on any atom is -0.372 e. The van der Waals surface area contributed by atoms with E-state index < -0.39 is 0 Å².